The maximum atomic E-state index is 9.88. The van der Waals surface area contributed by atoms with Crippen molar-refractivity contribution in [2.45, 2.75) is 13.8 Å². The molecule has 0 amide bonds. The minimum atomic E-state index is 0.243. The van der Waals surface area contributed by atoms with Crippen molar-refractivity contribution in [3.63, 3.8) is 0 Å². The Hall–Kier alpha value is -1.96. The summed E-state index contributed by atoms with van der Waals surface area (Å²) in [7, 11) is 0. The van der Waals surface area contributed by atoms with Gasteiger partial charge in [0.15, 0.2) is 0 Å². The highest BCUT2D eigenvalue weighted by molar-refractivity contribution is 5.73. The highest BCUT2D eigenvalue weighted by Crippen LogP contribution is 2.33. The molecular weight excluding hydrogens is 200 g/mol. The van der Waals surface area contributed by atoms with E-state index in [-0.39, 0.29) is 11.5 Å². The molecular formula is C14H14O2. The number of phenolic OH excluding ortho intramolecular Hbond substituents is 2. The maximum Gasteiger partial charge on any atom is 0.123 e. The van der Waals surface area contributed by atoms with Crippen LogP contribution in [0.3, 0.4) is 0 Å². The maximum absolute atomic E-state index is 9.88. The molecule has 2 heteroatoms. The van der Waals surface area contributed by atoms with E-state index < -0.39 is 0 Å². The van der Waals surface area contributed by atoms with Gasteiger partial charge < -0.3 is 10.2 Å². The Morgan fingerprint density at radius 2 is 1.50 bits per heavy atom. The summed E-state index contributed by atoms with van der Waals surface area (Å²) >= 11 is 0. The van der Waals surface area contributed by atoms with Crippen LogP contribution in [0.25, 0.3) is 11.1 Å². The molecule has 0 radical (unpaired) electrons. The van der Waals surface area contributed by atoms with Crippen LogP contribution >= 0.6 is 0 Å². The number of rotatable bonds is 1. The van der Waals surface area contributed by atoms with Crippen molar-refractivity contribution in [1.29, 1.82) is 0 Å². The van der Waals surface area contributed by atoms with Gasteiger partial charge in [0.1, 0.15) is 11.5 Å². The van der Waals surface area contributed by atoms with Gasteiger partial charge in [0.25, 0.3) is 0 Å². The fourth-order valence-electron chi connectivity index (χ4n) is 1.82. The first kappa shape index (κ1) is 10.6. The van der Waals surface area contributed by atoms with E-state index in [4.69, 9.17) is 0 Å². The largest absolute Gasteiger partial charge is 0.508 e. The molecule has 2 aromatic rings. The van der Waals surface area contributed by atoms with E-state index in [2.05, 4.69) is 0 Å². The zero-order valence-electron chi connectivity index (χ0n) is 9.36. The minimum absolute atomic E-state index is 0.243. The van der Waals surface area contributed by atoms with Gasteiger partial charge in [0.05, 0.1) is 0 Å². The lowest BCUT2D eigenvalue weighted by molar-refractivity contribution is 0.473. The van der Waals surface area contributed by atoms with Gasteiger partial charge in [-0.15, -0.1) is 0 Å². The molecule has 16 heavy (non-hydrogen) atoms. The smallest absolute Gasteiger partial charge is 0.123 e. The van der Waals surface area contributed by atoms with Crippen LogP contribution in [0.2, 0.25) is 0 Å². The number of aromatic hydroxyl groups is 2. The lowest BCUT2D eigenvalue weighted by Gasteiger charge is -2.09. The van der Waals surface area contributed by atoms with E-state index in [1.807, 2.05) is 32.0 Å². The number of hydrogen-bond donors (Lipinski definition) is 2. The van der Waals surface area contributed by atoms with Crippen molar-refractivity contribution in [2.75, 3.05) is 0 Å². The molecule has 0 heterocycles. The molecule has 0 bridgehead atoms. The molecule has 0 aliphatic rings. The molecule has 0 atom stereocenters. The number of aryl methyl sites for hydroxylation is 2. The molecule has 0 unspecified atom stereocenters. The quantitative estimate of drug-likeness (QED) is 0.764. The number of phenols is 2. The average Bonchev–Trinajstić information content (AvgIpc) is 2.19. The Kier molecular flexibility index (Phi) is 2.57. The van der Waals surface area contributed by atoms with Gasteiger partial charge in [0.2, 0.25) is 0 Å². The Balaban J connectivity index is 2.59. The Morgan fingerprint density at radius 1 is 0.812 bits per heavy atom. The summed E-state index contributed by atoms with van der Waals surface area (Å²) in [5.41, 5.74) is 3.70. The predicted molar refractivity (Wildman–Crippen MR) is 64.7 cm³/mol. The van der Waals surface area contributed by atoms with E-state index in [9.17, 15) is 10.2 Å². The summed E-state index contributed by atoms with van der Waals surface area (Å²) in [6, 6.07) is 10.7. The van der Waals surface area contributed by atoms with Gasteiger partial charge in [-0.1, -0.05) is 18.2 Å². The third kappa shape index (κ3) is 1.87. The standard InChI is InChI=1S/C14H14O2/c1-9-3-5-13(14(16)7-9)12-6-4-11(15)8-10(12)2/h3-8,15-16H,1-2H3. The molecule has 82 valence electrons. The molecule has 2 nitrogen and oxygen atoms in total. The van der Waals surface area contributed by atoms with Crippen molar-refractivity contribution >= 4 is 0 Å². The van der Waals surface area contributed by atoms with E-state index >= 15 is 0 Å². The summed E-state index contributed by atoms with van der Waals surface area (Å²) in [6.45, 7) is 3.85. The molecule has 0 spiro atoms. The van der Waals surface area contributed by atoms with Crippen molar-refractivity contribution in [3.8, 4) is 22.6 Å². The van der Waals surface area contributed by atoms with E-state index in [1.165, 1.54) is 0 Å². The van der Waals surface area contributed by atoms with Gasteiger partial charge in [-0.3, -0.25) is 0 Å². The summed E-state index contributed by atoms with van der Waals surface area (Å²) < 4.78 is 0. The third-order valence-electron chi connectivity index (χ3n) is 2.65. The minimum Gasteiger partial charge on any atom is -0.508 e. The number of benzene rings is 2. The van der Waals surface area contributed by atoms with Crippen molar-refractivity contribution in [2.24, 2.45) is 0 Å². The van der Waals surface area contributed by atoms with Crippen molar-refractivity contribution in [1.82, 2.24) is 0 Å². The van der Waals surface area contributed by atoms with Gasteiger partial charge in [-0.25, -0.2) is 0 Å². The molecule has 0 saturated heterocycles. The van der Waals surface area contributed by atoms with E-state index in [0.29, 0.717) is 0 Å². The Labute approximate surface area is 94.8 Å². The van der Waals surface area contributed by atoms with Crippen LogP contribution in [-0.4, -0.2) is 10.2 Å². The van der Waals surface area contributed by atoms with Crippen LogP contribution in [0.4, 0.5) is 0 Å². The topological polar surface area (TPSA) is 40.5 Å². The summed E-state index contributed by atoms with van der Waals surface area (Å²) in [5.74, 6) is 0.515. The van der Waals surface area contributed by atoms with Crippen LogP contribution in [0.5, 0.6) is 11.5 Å². The molecule has 2 N–H and O–H groups in total. The van der Waals surface area contributed by atoms with Gasteiger partial charge in [0, 0.05) is 5.56 Å². The number of hydrogen-bond acceptors (Lipinski definition) is 2. The molecule has 0 aliphatic carbocycles. The van der Waals surface area contributed by atoms with E-state index in [1.54, 1.807) is 18.2 Å². The zero-order chi connectivity index (χ0) is 11.7. The molecule has 0 saturated carbocycles. The predicted octanol–water partition coefficient (Wildman–Crippen LogP) is 3.38. The fourth-order valence-corrected chi connectivity index (χ4v) is 1.82. The highest BCUT2D eigenvalue weighted by atomic mass is 16.3. The molecule has 0 aromatic heterocycles. The Bertz CT molecular complexity index is 481. The third-order valence-corrected chi connectivity index (χ3v) is 2.65. The zero-order valence-corrected chi connectivity index (χ0v) is 9.36. The Morgan fingerprint density at radius 3 is 2.12 bits per heavy atom. The lowest BCUT2D eigenvalue weighted by Crippen LogP contribution is -1.84. The van der Waals surface area contributed by atoms with Gasteiger partial charge in [-0.05, 0) is 48.7 Å². The first-order chi connectivity index (χ1) is 7.58. The fraction of sp³-hybridized carbons (Fsp3) is 0.143. The summed E-state index contributed by atoms with van der Waals surface area (Å²) in [6.07, 6.45) is 0. The molecule has 2 aromatic carbocycles. The second-order valence-electron chi connectivity index (χ2n) is 4.02. The first-order valence-corrected chi connectivity index (χ1v) is 5.17. The summed E-state index contributed by atoms with van der Waals surface area (Å²) in [4.78, 5) is 0. The van der Waals surface area contributed by atoms with Gasteiger partial charge >= 0.3 is 0 Å². The van der Waals surface area contributed by atoms with Crippen LogP contribution in [0, 0.1) is 13.8 Å². The second kappa shape index (κ2) is 3.89. The normalized spacial score (nSPS) is 10.4. The lowest BCUT2D eigenvalue weighted by atomic mass is 9.98. The van der Waals surface area contributed by atoms with Crippen molar-refractivity contribution < 1.29 is 10.2 Å². The van der Waals surface area contributed by atoms with Crippen molar-refractivity contribution in [3.05, 3.63) is 47.5 Å². The van der Waals surface area contributed by atoms with Crippen LogP contribution < -0.4 is 0 Å². The average molecular weight is 214 g/mol. The van der Waals surface area contributed by atoms with Gasteiger partial charge in [-0.2, -0.15) is 0 Å². The highest BCUT2D eigenvalue weighted by Gasteiger charge is 2.07. The summed E-state index contributed by atoms with van der Waals surface area (Å²) in [5, 5.41) is 19.2. The van der Waals surface area contributed by atoms with Crippen LogP contribution in [-0.2, 0) is 0 Å². The monoisotopic (exact) mass is 214 g/mol. The second-order valence-corrected chi connectivity index (χ2v) is 4.02. The van der Waals surface area contributed by atoms with Crippen LogP contribution in [0.1, 0.15) is 11.1 Å². The molecule has 2 rings (SSSR count). The molecule has 0 aliphatic heterocycles. The SMILES string of the molecule is Cc1ccc(-c2ccc(O)cc2C)c(O)c1. The van der Waals surface area contributed by atoms with E-state index in [0.717, 1.165) is 22.3 Å². The first-order valence-electron chi connectivity index (χ1n) is 5.17. The molecule has 0 fully saturated rings. The van der Waals surface area contributed by atoms with Crippen LogP contribution in [0.15, 0.2) is 36.4 Å².